The summed E-state index contributed by atoms with van der Waals surface area (Å²) in [7, 11) is 0. The molecule has 0 aromatic heterocycles. The van der Waals surface area contributed by atoms with Crippen LogP contribution in [-0.4, -0.2) is 23.7 Å². The van der Waals surface area contributed by atoms with E-state index in [4.69, 9.17) is 4.74 Å². The number of unbranched alkanes of at least 4 members (excludes halogenated alkanes) is 1. The van der Waals surface area contributed by atoms with Crippen molar-refractivity contribution in [2.45, 2.75) is 39.5 Å². The number of esters is 1. The molecule has 0 amide bonds. The summed E-state index contributed by atoms with van der Waals surface area (Å²) in [4.78, 5) is 23.1. The molecule has 0 unspecified atom stereocenters. The van der Waals surface area contributed by atoms with E-state index in [9.17, 15) is 14.7 Å². The Hall–Kier alpha value is -2.62. The molecular formula is C21H26O4. The van der Waals surface area contributed by atoms with Gasteiger partial charge in [-0.2, -0.15) is 0 Å². The minimum atomic E-state index is -0.980. The Labute approximate surface area is 149 Å². The van der Waals surface area contributed by atoms with Crippen molar-refractivity contribution < 1.29 is 19.4 Å². The van der Waals surface area contributed by atoms with Crippen LogP contribution in [0.15, 0.2) is 59.7 Å². The van der Waals surface area contributed by atoms with Crippen molar-refractivity contribution in [3.05, 3.63) is 65.3 Å². The SMILES string of the molecule is C=C(CCCC)C(=O)OCCC(C=Cc1ccccc1)=C(C)C(=O)O. The molecule has 4 nitrogen and oxygen atoms in total. The van der Waals surface area contributed by atoms with Crippen LogP contribution in [0.25, 0.3) is 6.08 Å². The fourth-order valence-electron chi connectivity index (χ4n) is 2.14. The highest BCUT2D eigenvalue weighted by atomic mass is 16.5. The highest BCUT2D eigenvalue weighted by Crippen LogP contribution is 2.15. The van der Waals surface area contributed by atoms with Gasteiger partial charge in [-0.25, -0.2) is 9.59 Å². The summed E-state index contributed by atoms with van der Waals surface area (Å²) >= 11 is 0. The number of allylic oxidation sites excluding steroid dienone is 1. The predicted octanol–water partition coefficient (Wildman–Crippen LogP) is 4.78. The van der Waals surface area contributed by atoms with Crippen molar-refractivity contribution in [3.63, 3.8) is 0 Å². The van der Waals surface area contributed by atoms with E-state index in [1.54, 1.807) is 13.0 Å². The highest BCUT2D eigenvalue weighted by Gasteiger charge is 2.11. The van der Waals surface area contributed by atoms with Crippen LogP contribution < -0.4 is 0 Å². The lowest BCUT2D eigenvalue weighted by atomic mass is 10.0. The third-order valence-corrected chi connectivity index (χ3v) is 3.80. The largest absolute Gasteiger partial charge is 0.478 e. The van der Waals surface area contributed by atoms with Crippen LogP contribution >= 0.6 is 0 Å². The maximum absolute atomic E-state index is 11.8. The number of aliphatic carboxylic acids is 1. The molecule has 0 aliphatic rings. The van der Waals surface area contributed by atoms with Crippen LogP contribution in [0.4, 0.5) is 0 Å². The van der Waals surface area contributed by atoms with Crippen LogP contribution in [0.3, 0.4) is 0 Å². The van der Waals surface area contributed by atoms with E-state index in [-0.39, 0.29) is 12.2 Å². The molecule has 4 heteroatoms. The van der Waals surface area contributed by atoms with Gasteiger partial charge in [-0.15, -0.1) is 0 Å². The van der Waals surface area contributed by atoms with E-state index in [0.717, 1.165) is 18.4 Å². The molecule has 0 heterocycles. The number of benzene rings is 1. The number of ether oxygens (including phenoxy) is 1. The second-order valence-corrected chi connectivity index (χ2v) is 5.79. The molecule has 0 spiro atoms. The minimum Gasteiger partial charge on any atom is -0.478 e. The number of carboxylic acid groups (broad SMARTS) is 1. The zero-order valence-corrected chi connectivity index (χ0v) is 15.0. The Morgan fingerprint density at radius 1 is 1.20 bits per heavy atom. The molecule has 0 saturated heterocycles. The van der Waals surface area contributed by atoms with E-state index in [1.165, 1.54) is 0 Å². The normalized spacial score (nSPS) is 11.9. The van der Waals surface area contributed by atoms with Crippen LogP contribution in [0, 0.1) is 0 Å². The van der Waals surface area contributed by atoms with Crippen LogP contribution in [0.1, 0.15) is 45.1 Å². The van der Waals surface area contributed by atoms with Gasteiger partial charge in [0.1, 0.15) is 0 Å². The van der Waals surface area contributed by atoms with Gasteiger partial charge in [-0.3, -0.25) is 0 Å². The summed E-state index contributed by atoms with van der Waals surface area (Å²) in [5, 5.41) is 9.23. The standard InChI is InChI=1S/C21H26O4/c1-4-5-9-16(2)21(24)25-15-14-19(17(3)20(22)23)13-12-18-10-7-6-8-11-18/h6-8,10-13H,2,4-5,9,14-15H2,1,3H3,(H,22,23). The topological polar surface area (TPSA) is 63.6 Å². The zero-order valence-electron chi connectivity index (χ0n) is 15.0. The van der Waals surface area contributed by atoms with Crippen LogP contribution in [0.2, 0.25) is 0 Å². The van der Waals surface area contributed by atoms with Gasteiger partial charge in [0, 0.05) is 17.6 Å². The lowest BCUT2D eigenvalue weighted by Crippen LogP contribution is -2.10. The van der Waals surface area contributed by atoms with Crippen LogP contribution in [0.5, 0.6) is 0 Å². The Kier molecular flexibility index (Phi) is 9.01. The van der Waals surface area contributed by atoms with Crippen molar-refractivity contribution >= 4 is 18.0 Å². The molecule has 25 heavy (non-hydrogen) atoms. The van der Waals surface area contributed by atoms with Gasteiger partial charge in [-0.1, -0.05) is 62.4 Å². The van der Waals surface area contributed by atoms with Crippen LogP contribution in [-0.2, 0) is 14.3 Å². The summed E-state index contributed by atoms with van der Waals surface area (Å²) in [5.41, 5.74) is 2.31. The molecule has 0 bridgehead atoms. The fourth-order valence-corrected chi connectivity index (χ4v) is 2.14. The van der Waals surface area contributed by atoms with E-state index >= 15 is 0 Å². The van der Waals surface area contributed by atoms with Crippen molar-refractivity contribution in [1.29, 1.82) is 0 Å². The first-order valence-corrected chi connectivity index (χ1v) is 8.46. The van der Waals surface area contributed by atoms with Gasteiger partial charge in [-0.05, 0) is 30.9 Å². The number of hydrogen-bond donors (Lipinski definition) is 1. The molecule has 1 aromatic carbocycles. The Bertz CT molecular complexity index is 654. The van der Waals surface area contributed by atoms with Gasteiger partial charge < -0.3 is 9.84 Å². The molecule has 134 valence electrons. The minimum absolute atomic E-state index is 0.128. The second kappa shape index (κ2) is 11.0. The van der Waals surface area contributed by atoms with E-state index in [0.29, 0.717) is 24.0 Å². The molecule has 1 N–H and O–H groups in total. The van der Waals surface area contributed by atoms with E-state index in [1.807, 2.05) is 43.3 Å². The predicted molar refractivity (Wildman–Crippen MR) is 100 cm³/mol. The molecular weight excluding hydrogens is 316 g/mol. The number of carbonyl (C=O) groups is 2. The van der Waals surface area contributed by atoms with Gasteiger partial charge in [0.2, 0.25) is 0 Å². The first-order valence-electron chi connectivity index (χ1n) is 8.46. The van der Waals surface area contributed by atoms with Gasteiger partial charge in [0.15, 0.2) is 0 Å². The average Bonchev–Trinajstić information content (AvgIpc) is 2.62. The van der Waals surface area contributed by atoms with Crippen molar-refractivity contribution in [2.75, 3.05) is 6.61 Å². The smallest absolute Gasteiger partial charge is 0.333 e. The van der Waals surface area contributed by atoms with Crippen molar-refractivity contribution in [1.82, 2.24) is 0 Å². The monoisotopic (exact) mass is 342 g/mol. The first-order chi connectivity index (χ1) is 12.0. The molecule has 0 aliphatic carbocycles. The van der Waals surface area contributed by atoms with Gasteiger partial charge in [0.25, 0.3) is 0 Å². The fraction of sp³-hybridized carbons (Fsp3) is 0.333. The summed E-state index contributed by atoms with van der Waals surface area (Å²) in [5.74, 6) is -1.39. The summed E-state index contributed by atoms with van der Waals surface area (Å²) in [6.07, 6.45) is 6.47. The van der Waals surface area contributed by atoms with Crippen molar-refractivity contribution in [3.8, 4) is 0 Å². The average molecular weight is 342 g/mol. The number of carbonyl (C=O) groups excluding carboxylic acids is 1. The summed E-state index contributed by atoms with van der Waals surface area (Å²) in [6, 6.07) is 9.61. The maximum atomic E-state index is 11.8. The molecule has 0 atom stereocenters. The molecule has 0 radical (unpaired) electrons. The van der Waals surface area contributed by atoms with E-state index in [2.05, 4.69) is 6.58 Å². The third kappa shape index (κ3) is 7.66. The number of carboxylic acids is 1. The molecule has 0 saturated carbocycles. The maximum Gasteiger partial charge on any atom is 0.333 e. The Balaban J connectivity index is 2.69. The lowest BCUT2D eigenvalue weighted by Gasteiger charge is -2.09. The first kappa shape index (κ1) is 20.4. The quantitative estimate of drug-likeness (QED) is 0.377. The molecule has 1 aromatic rings. The Morgan fingerprint density at radius 2 is 1.88 bits per heavy atom. The molecule has 1 rings (SSSR count). The molecule has 0 aliphatic heterocycles. The number of rotatable bonds is 10. The van der Waals surface area contributed by atoms with Gasteiger partial charge >= 0.3 is 11.9 Å². The second-order valence-electron chi connectivity index (χ2n) is 5.79. The van der Waals surface area contributed by atoms with Gasteiger partial charge in [0.05, 0.1) is 6.61 Å². The molecule has 0 fully saturated rings. The summed E-state index contributed by atoms with van der Waals surface area (Å²) in [6.45, 7) is 7.46. The van der Waals surface area contributed by atoms with E-state index < -0.39 is 11.9 Å². The Morgan fingerprint density at radius 3 is 2.48 bits per heavy atom. The summed E-state index contributed by atoms with van der Waals surface area (Å²) < 4.78 is 5.21. The van der Waals surface area contributed by atoms with Crippen molar-refractivity contribution in [2.24, 2.45) is 0 Å². The number of hydrogen-bond acceptors (Lipinski definition) is 3. The lowest BCUT2D eigenvalue weighted by molar-refractivity contribution is -0.139. The highest BCUT2D eigenvalue weighted by molar-refractivity contribution is 5.88. The zero-order chi connectivity index (χ0) is 18.7. The third-order valence-electron chi connectivity index (χ3n) is 3.80.